The molecule has 3 aromatic heterocycles. The summed E-state index contributed by atoms with van der Waals surface area (Å²) in [5, 5.41) is 4.84. The molecule has 9 heteroatoms. The second-order valence-electron chi connectivity index (χ2n) is 7.26. The number of carbonyl (C=O) groups excluding carboxylic acids is 1. The van der Waals surface area contributed by atoms with Gasteiger partial charge in [0.1, 0.15) is 11.5 Å². The fourth-order valence-corrected chi connectivity index (χ4v) is 4.40. The van der Waals surface area contributed by atoms with Gasteiger partial charge in [-0.1, -0.05) is 17.8 Å². The summed E-state index contributed by atoms with van der Waals surface area (Å²) in [7, 11) is 3.49. The third-order valence-corrected chi connectivity index (χ3v) is 6.25. The van der Waals surface area contributed by atoms with E-state index in [2.05, 4.69) is 15.1 Å². The number of rotatable bonds is 3. The summed E-state index contributed by atoms with van der Waals surface area (Å²) in [6.45, 7) is 0.675. The number of amidine groups is 1. The van der Waals surface area contributed by atoms with Crippen LogP contribution in [-0.4, -0.2) is 54.5 Å². The maximum Gasteiger partial charge on any atom is 0.262 e. The zero-order chi connectivity index (χ0) is 21.5. The number of imidazole rings is 1. The molecule has 1 aliphatic rings. The molecule has 0 atom stereocenters. The van der Waals surface area contributed by atoms with Gasteiger partial charge in [0.25, 0.3) is 5.91 Å². The lowest BCUT2D eigenvalue weighted by molar-refractivity contribution is 0.0869. The number of halogens is 1. The molecule has 4 heterocycles. The van der Waals surface area contributed by atoms with Gasteiger partial charge in [0.05, 0.1) is 30.2 Å². The van der Waals surface area contributed by atoms with Crippen molar-refractivity contribution < 1.29 is 9.18 Å². The van der Waals surface area contributed by atoms with Crippen LogP contribution in [0, 0.1) is 5.82 Å². The average molecular weight is 435 g/mol. The SMILES string of the molecule is CN(C(=O)c1ccc(-c2cnc3ccc(-c4cnn(C)c4)cn23)cc1F)C1=NCCS1. The lowest BCUT2D eigenvalue weighted by atomic mass is 10.1. The minimum Gasteiger partial charge on any atom is -0.299 e. The molecule has 0 spiro atoms. The average Bonchev–Trinajstić information content (AvgIpc) is 3.53. The third kappa shape index (κ3) is 3.50. The van der Waals surface area contributed by atoms with Crippen LogP contribution in [0.1, 0.15) is 10.4 Å². The summed E-state index contributed by atoms with van der Waals surface area (Å²) in [5.41, 5.74) is 4.10. The van der Waals surface area contributed by atoms with E-state index in [1.165, 1.54) is 28.8 Å². The number of nitrogens with zero attached hydrogens (tertiary/aromatic N) is 6. The maximum absolute atomic E-state index is 15.0. The number of thioether (sulfide) groups is 1. The van der Waals surface area contributed by atoms with Gasteiger partial charge >= 0.3 is 0 Å². The number of benzene rings is 1. The van der Waals surface area contributed by atoms with E-state index in [0.29, 0.717) is 17.3 Å². The Balaban J connectivity index is 1.50. The summed E-state index contributed by atoms with van der Waals surface area (Å²) in [6.07, 6.45) is 7.38. The summed E-state index contributed by atoms with van der Waals surface area (Å²) < 4.78 is 18.6. The van der Waals surface area contributed by atoms with Crippen molar-refractivity contribution in [1.82, 2.24) is 24.1 Å². The van der Waals surface area contributed by atoms with Crippen LogP contribution >= 0.6 is 11.8 Å². The lowest BCUT2D eigenvalue weighted by Gasteiger charge is -2.16. The number of hydrogen-bond acceptors (Lipinski definition) is 5. The number of aliphatic imine (C=N–C) groups is 1. The Hall–Kier alpha value is -3.46. The highest BCUT2D eigenvalue weighted by molar-refractivity contribution is 8.14. The van der Waals surface area contributed by atoms with Crippen LogP contribution < -0.4 is 0 Å². The molecule has 0 radical (unpaired) electrons. The van der Waals surface area contributed by atoms with E-state index in [0.717, 1.165) is 28.2 Å². The van der Waals surface area contributed by atoms with E-state index in [9.17, 15) is 9.18 Å². The van der Waals surface area contributed by atoms with Crippen LogP contribution in [0.2, 0.25) is 0 Å². The first kappa shape index (κ1) is 19.5. The first-order chi connectivity index (χ1) is 15.0. The van der Waals surface area contributed by atoms with Crippen LogP contribution in [-0.2, 0) is 7.05 Å². The molecule has 4 aromatic rings. The van der Waals surface area contributed by atoms with E-state index < -0.39 is 11.7 Å². The molecule has 7 nitrogen and oxygen atoms in total. The number of amides is 1. The van der Waals surface area contributed by atoms with Gasteiger partial charge in [0.2, 0.25) is 0 Å². The van der Waals surface area contributed by atoms with Crippen molar-refractivity contribution in [3.63, 3.8) is 0 Å². The van der Waals surface area contributed by atoms with Gasteiger partial charge < -0.3 is 0 Å². The molecular formula is C22H19FN6OS. The smallest absolute Gasteiger partial charge is 0.262 e. The van der Waals surface area contributed by atoms with Crippen molar-refractivity contribution in [2.24, 2.45) is 12.0 Å². The van der Waals surface area contributed by atoms with Crippen molar-refractivity contribution in [2.45, 2.75) is 0 Å². The fourth-order valence-electron chi connectivity index (χ4n) is 3.58. The topological polar surface area (TPSA) is 67.8 Å². The molecule has 5 rings (SSSR count). The maximum atomic E-state index is 15.0. The Morgan fingerprint density at radius 1 is 1.13 bits per heavy atom. The largest absolute Gasteiger partial charge is 0.299 e. The molecular weight excluding hydrogens is 415 g/mol. The van der Waals surface area contributed by atoms with Gasteiger partial charge in [-0.3, -0.25) is 23.8 Å². The summed E-state index contributed by atoms with van der Waals surface area (Å²) in [6, 6.07) is 8.53. The molecule has 156 valence electrons. The monoisotopic (exact) mass is 434 g/mol. The zero-order valence-electron chi connectivity index (χ0n) is 17.0. The number of aromatic nitrogens is 4. The number of pyridine rings is 1. The first-order valence-electron chi connectivity index (χ1n) is 9.72. The number of aryl methyl sites for hydroxylation is 1. The van der Waals surface area contributed by atoms with Crippen molar-refractivity contribution in [3.8, 4) is 22.4 Å². The Morgan fingerprint density at radius 3 is 2.68 bits per heavy atom. The molecule has 1 aromatic carbocycles. The van der Waals surface area contributed by atoms with Crippen molar-refractivity contribution in [2.75, 3.05) is 19.3 Å². The van der Waals surface area contributed by atoms with Gasteiger partial charge in [-0.05, 0) is 24.3 Å². The molecule has 31 heavy (non-hydrogen) atoms. The van der Waals surface area contributed by atoms with Crippen LogP contribution in [0.5, 0.6) is 0 Å². The van der Waals surface area contributed by atoms with Crippen LogP contribution in [0.15, 0.2) is 60.1 Å². The molecule has 0 fully saturated rings. The molecule has 0 saturated carbocycles. The lowest BCUT2D eigenvalue weighted by Crippen LogP contribution is -2.31. The molecule has 1 aliphatic heterocycles. The summed E-state index contributed by atoms with van der Waals surface area (Å²) in [4.78, 5) is 22.9. The Kier molecular flexibility index (Phi) is 4.82. The fraction of sp³-hybridized carbons (Fsp3) is 0.182. The Bertz CT molecular complexity index is 1340. The number of carbonyl (C=O) groups is 1. The van der Waals surface area contributed by atoms with E-state index >= 15 is 0 Å². The quantitative estimate of drug-likeness (QED) is 0.493. The normalized spacial score (nSPS) is 13.6. The minimum absolute atomic E-state index is 0.0197. The highest BCUT2D eigenvalue weighted by Gasteiger charge is 2.23. The van der Waals surface area contributed by atoms with Gasteiger partial charge in [-0.2, -0.15) is 5.10 Å². The van der Waals surface area contributed by atoms with E-state index in [1.54, 1.807) is 30.2 Å². The molecule has 0 bridgehead atoms. The summed E-state index contributed by atoms with van der Waals surface area (Å²) in [5.74, 6) is -0.144. The Morgan fingerprint density at radius 2 is 1.97 bits per heavy atom. The van der Waals surface area contributed by atoms with Crippen molar-refractivity contribution >= 4 is 28.5 Å². The van der Waals surface area contributed by atoms with E-state index in [4.69, 9.17) is 0 Å². The number of hydrogen-bond donors (Lipinski definition) is 0. The zero-order valence-corrected chi connectivity index (χ0v) is 17.8. The first-order valence-corrected chi connectivity index (χ1v) is 10.7. The standard InChI is InChI=1S/C22H19FN6OS/c1-27-12-16(10-26-27)15-4-6-20-25-11-19(29(20)13-15)14-3-5-17(18(23)9-14)21(30)28(2)22-24-7-8-31-22/h3-6,9-13H,7-8H2,1-2H3. The molecule has 0 saturated heterocycles. The molecule has 0 aliphatic carbocycles. The van der Waals surface area contributed by atoms with Gasteiger partial charge in [0, 0.05) is 48.9 Å². The summed E-state index contributed by atoms with van der Waals surface area (Å²) >= 11 is 1.50. The highest BCUT2D eigenvalue weighted by Crippen LogP contribution is 2.27. The predicted molar refractivity (Wildman–Crippen MR) is 120 cm³/mol. The molecule has 1 amide bonds. The number of fused-ring (bicyclic) bond motifs is 1. The molecule has 0 N–H and O–H groups in total. The highest BCUT2D eigenvalue weighted by atomic mass is 32.2. The second kappa shape index (κ2) is 7.66. The minimum atomic E-state index is -0.573. The van der Waals surface area contributed by atoms with Crippen LogP contribution in [0.3, 0.4) is 0 Å². The van der Waals surface area contributed by atoms with Gasteiger partial charge in [-0.15, -0.1) is 0 Å². The van der Waals surface area contributed by atoms with Crippen molar-refractivity contribution in [3.05, 3.63) is 66.5 Å². The second-order valence-corrected chi connectivity index (χ2v) is 8.33. The molecule has 0 unspecified atom stereocenters. The van der Waals surface area contributed by atoms with Crippen LogP contribution in [0.25, 0.3) is 28.0 Å². The van der Waals surface area contributed by atoms with Gasteiger partial charge in [-0.25, -0.2) is 9.37 Å². The predicted octanol–water partition coefficient (Wildman–Crippen LogP) is 3.72. The Labute approximate surface area is 182 Å². The van der Waals surface area contributed by atoms with E-state index in [-0.39, 0.29) is 5.56 Å². The third-order valence-electron chi connectivity index (χ3n) is 5.20. The van der Waals surface area contributed by atoms with E-state index in [1.807, 2.05) is 36.0 Å². The van der Waals surface area contributed by atoms with Crippen molar-refractivity contribution in [1.29, 1.82) is 0 Å². The van der Waals surface area contributed by atoms with Crippen LogP contribution in [0.4, 0.5) is 4.39 Å². The van der Waals surface area contributed by atoms with Gasteiger partial charge in [0.15, 0.2) is 5.17 Å².